The van der Waals surface area contributed by atoms with E-state index in [4.69, 9.17) is 9.84 Å². The monoisotopic (exact) mass is 281 g/mol. The van der Waals surface area contributed by atoms with Gasteiger partial charge in [-0.25, -0.2) is 14.2 Å². The van der Waals surface area contributed by atoms with E-state index in [0.717, 1.165) is 11.3 Å². The second-order valence-electron chi connectivity index (χ2n) is 4.00. The molecule has 1 N–H and O–H groups in total. The van der Waals surface area contributed by atoms with Crippen molar-refractivity contribution in [3.8, 4) is 10.6 Å². The van der Waals surface area contributed by atoms with Crippen LogP contribution in [0.3, 0.4) is 0 Å². The highest BCUT2D eigenvalue weighted by Crippen LogP contribution is 2.29. The first-order chi connectivity index (χ1) is 9.02. The van der Waals surface area contributed by atoms with Gasteiger partial charge in [-0.1, -0.05) is 12.1 Å². The maximum absolute atomic E-state index is 13.5. The largest absolute Gasteiger partial charge is 0.477 e. The number of carboxylic acid groups (broad SMARTS) is 1. The van der Waals surface area contributed by atoms with Gasteiger partial charge in [0.1, 0.15) is 15.7 Å². The Morgan fingerprint density at radius 1 is 1.53 bits per heavy atom. The zero-order chi connectivity index (χ0) is 14.0. The molecule has 1 aromatic heterocycles. The third-order valence-corrected chi connectivity index (χ3v) is 3.73. The number of aromatic carboxylic acids is 1. The number of carboxylic acids is 1. The van der Waals surface area contributed by atoms with Crippen molar-refractivity contribution in [1.29, 1.82) is 0 Å². The Hall–Kier alpha value is -1.79. The number of aromatic nitrogens is 1. The minimum atomic E-state index is -1.05. The van der Waals surface area contributed by atoms with Gasteiger partial charge in [0.25, 0.3) is 0 Å². The maximum atomic E-state index is 13.5. The quantitative estimate of drug-likeness (QED) is 0.935. The second-order valence-corrected chi connectivity index (χ2v) is 5.00. The van der Waals surface area contributed by atoms with Gasteiger partial charge in [-0.05, 0) is 18.6 Å². The molecule has 19 heavy (non-hydrogen) atoms. The summed E-state index contributed by atoms with van der Waals surface area (Å²) < 4.78 is 18.4. The molecule has 1 heterocycles. The summed E-state index contributed by atoms with van der Waals surface area (Å²) >= 11 is 1.02. The Labute approximate surface area is 113 Å². The zero-order valence-electron chi connectivity index (χ0n) is 10.4. The highest BCUT2D eigenvalue weighted by Gasteiger charge is 2.18. The van der Waals surface area contributed by atoms with Gasteiger partial charge in [0.2, 0.25) is 0 Å². The molecule has 1 aromatic carbocycles. The molecule has 0 atom stereocenters. The topological polar surface area (TPSA) is 59.4 Å². The van der Waals surface area contributed by atoms with Gasteiger partial charge >= 0.3 is 5.97 Å². The smallest absolute Gasteiger partial charge is 0.347 e. The number of hydrogen-bond acceptors (Lipinski definition) is 4. The van der Waals surface area contributed by atoms with E-state index < -0.39 is 5.97 Å². The third kappa shape index (κ3) is 2.80. The summed E-state index contributed by atoms with van der Waals surface area (Å²) in [7, 11) is 1.47. The summed E-state index contributed by atoms with van der Waals surface area (Å²) in [6, 6.07) is 4.72. The first-order valence-electron chi connectivity index (χ1n) is 5.51. The molecule has 0 bridgehead atoms. The van der Waals surface area contributed by atoms with Gasteiger partial charge in [-0.3, -0.25) is 0 Å². The molecule has 2 rings (SSSR count). The summed E-state index contributed by atoms with van der Waals surface area (Å²) in [5.74, 6) is -1.39. The molecule has 0 spiro atoms. The Balaban J connectivity index is 2.47. The zero-order valence-corrected chi connectivity index (χ0v) is 11.3. The van der Waals surface area contributed by atoms with Crippen molar-refractivity contribution < 1.29 is 19.0 Å². The van der Waals surface area contributed by atoms with E-state index in [1.165, 1.54) is 13.2 Å². The van der Waals surface area contributed by atoms with Crippen LogP contribution in [0.2, 0.25) is 0 Å². The van der Waals surface area contributed by atoms with Crippen molar-refractivity contribution in [3.05, 3.63) is 40.2 Å². The van der Waals surface area contributed by atoms with Crippen molar-refractivity contribution in [1.82, 2.24) is 4.98 Å². The number of aryl methyl sites for hydroxylation is 1. The van der Waals surface area contributed by atoms with Crippen LogP contribution < -0.4 is 0 Å². The van der Waals surface area contributed by atoms with Crippen LogP contribution in [0.15, 0.2) is 18.2 Å². The summed E-state index contributed by atoms with van der Waals surface area (Å²) in [5, 5.41) is 9.57. The molecular weight excluding hydrogens is 269 g/mol. The van der Waals surface area contributed by atoms with Crippen LogP contribution in [0.25, 0.3) is 10.6 Å². The molecule has 4 nitrogen and oxygen atoms in total. The summed E-state index contributed by atoms with van der Waals surface area (Å²) in [6.45, 7) is 1.78. The van der Waals surface area contributed by atoms with Crippen LogP contribution in [-0.4, -0.2) is 23.2 Å². The normalized spacial score (nSPS) is 10.7. The molecule has 0 amide bonds. The molecule has 0 aliphatic carbocycles. The molecule has 0 saturated carbocycles. The Morgan fingerprint density at radius 3 is 2.84 bits per heavy atom. The lowest BCUT2D eigenvalue weighted by Gasteiger charge is -1.99. The van der Waals surface area contributed by atoms with Crippen molar-refractivity contribution in [3.63, 3.8) is 0 Å². The maximum Gasteiger partial charge on any atom is 0.347 e. The van der Waals surface area contributed by atoms with Crippen LogP contribution in [-0.2, 0) is 11.3 Å². The highest BCUT2D eigenvalue weighted by atomic mass is 32.1. The van der Waals surface area contributed by atoms with Crippen LogP contribution in [0.5, 0.6) is 0 Å². The van der Waals surface area contributed by atoms with Crippen molar-refractivity contribution in [2.75, 3.05) is 7.11 Å². The van der Waals surface area contributed by atoms with Crippen molar-refractivity contribution >= 4 is 17.3 Å². The number of nitrogens with zero attached hydrogens (tertiary/aromatic N) is 1. The Bertz CT molecular complexity index is 624. The molecule has 2 aromatic rings. The van der Waals surface area contributed by atoms with Gasteiger partial charge in [0, 0.05) is 12.7 Å². The minimum Gasteiger partial charge on any atom is -0.477 e. The average Bonchev–Trinajstić information content (AvgIpc) is 2.77. The molecular formula is C13H12FNO3S. The molecule has 0 saturated heterocycles. The first kappa shape index (κ1) is 13.6. The SMILES string of the molecule is COCc1nc(-c2ccc(C)c(F)c2)sc1C(=O)O. The van der Waals surface area contributed by atoms with Crippen LogP contribution in [0.4, 0.5) is 4.39 Å². The predicted octanol–water partition coefficient (Wildman–Crippen LogP) is 3.10. The van der Waals surface area contributed by atoms with E-state index in [-0.39, 0.29) is 17.3 Å². The summed E-state index contributed by atoms with van der Waals surface area (Å²) in [4.78, 5) is 15.4. The number of methoxy groups -OCH3 is 1. The minimum absolute atomic E-state index is 0.118. The van der Waals surface area contributed by atoms with Crippen LogP contribution >= 0.6 is 11.3 Å². The van der Waals surface area contributed by atoms with Gasteiger partial charge in [-0.15, -0.1) is 11.3 Å². The van der Waals surface area contributed by atoms with Gasteiger partial charge < -0.3 is 9.84 Å². The molecule has 0 radical (unpaired) electrons. The molecule has 0 aliphatic heterocycles. The summed E-state index contributed by atoms with van der Waals surface area (Å²) in [6.07, 6.45) is 0. The highest BCUT2D eigenvalue weighted by molar-refractivity contribution is 7.17. The Kier molecular flexibility index (Phi) is 3.92. The van der Waals surface area contributed by atoms with E-state index in [9.17, 15) is 9.18 Å². The van der Waals surface area contributed by atoms with Gasteiger partial charge in [0.05, 0.1) is 12.3 Å². The number of carbonyl (C=O) groups is 1. The number of ether oxygens (including phenoxy) is 1. The van der Waals surface area contributed by atoms with E-state index >= 15 is 0 Å². The summed E-state index contributed by atoms with van der Waals surface area (Å²) in [5.41, 5.74) is 1.46. The van der Waals surface area contributed by atoms with E-state index in [2.05, 4.69) is 4.98 Å². The van der Waals surface area contributed by atoms with E-state index in [1.807, 2.05) is 0 Å². The standard InChI is InChI=1S/C13H12FNO3S/c1-7-3-4-8(5-9(7)14)12-15-10(6-18-2)11(19-12)13(16)17/h3-5H,6H2,1-2H3,(H,16,17). The molecule has 0 fully saturated rings. The van der Waals surface area contributed by atoms with Crippen molar-refractivity contribution in [2.24, 2.45) is 0 Å². The molecule has 0 unspecified atom stereocenters. The fourth-order valence-electron chi connectivity index (χ4n) is 1.60. The lowest BCUT2D eigenvalue weighted by Crippen LogP contribution is -1.99. The molecule has 100 valence electrons. The van der Waals surface area contributed by atoms with Crippen molar-refractivity contribution in [2.45, 2.75) is 13.5 Å². The fraction of sp³-hybridized carbons (Fsp3) is 0.231. The van der Waals surface area contributed by atoms with Crippen LogP contribution in [0, 0.1) is 12.7 Å². The number of halogens is 1. The van der Waals surface area contributed by atoms with Gasteiger partial charge in [-0.2, -0.15) is 0 Å². The molecule has 0 aliphatic rings. The number of hydrogen-bond donors (Lipinski definition) is 1. The van der Waals surface area contributed by atoms with Crippen LogP contribution in [0.1, 0.15) is 20.9 Å². The predicted molar refractivity (Wildman–Crippen MR) is 69.9 cm³/mol. The lowest BCUT2D eigenvalue weighted by atomic mass is 10.1. The third-order valence-electron chi connectivity index (χ3n) is 2.59. The lowest BCUT2D eigenvalue weighted by molar-refractivity contribution is 0.0697. The van der Waals surface area contributed by atoms with E-state index in [1.54, 1.807) is 19.1 Å². The first-order valence-corrected chi connectivity index (χ1v) is 6.33. The molecule has 6 heteroatoms. The fourth-order valence-corrected chi connectivity index (χ4v) is 2.51. The average molecular weight is 281 g/mol. The van der Waals surface area contributed by atoms with E-state index in [0.29, 0.717) is 21.8 Å². The number of benzene rings is 1. The second kappa shape index (κ2) is 5.46. The number of thiazole rings is 1. The number of rotatable bonds is 4. The van der Waals surface area contributed by atoms with Gasteiger partial charge in [0.15, 0.2) is 0 Å². The Morgan fingerprint density at radius 2 is 2.26 bits per heavy atom.